The van der Waals surface area contributed by atoms with E-state index in [-0.39, 0.29) is 11.3 Å². The standard InChI is InChI=1S/C29H24O6/c1-29(2,20-13-16-24(17-14-20)35-28(32)34-23-11-7-4-8-12-23)21-15-18-26(30)25(19-21)27(31)33-22-9-5-3-6-10-22/h3-19,30H,1-2H3. The van der Waals surface area contributed by atoms with Crippen LogP contribution in [0.15, 0.2) is 103 Å². The molecule has 0 unspecified atom stereocenters. The molecule has 0 aliphatic heterocycles. The molecule has 4 rings (SSSR count). The summed E-state index contributed by atoms with van der Waals surface area (Å²) in [5, 5.41) is 10.3. The lowest BCUT2D eigenvalue weighted by Gasteiger charge is -2.27. The molecule has 0 aliphatic rings. The zero-order chi connectivity index (χ0) is 24.8. The predicted octanol–water partition coefficient (Wildman–Crippen LogP) is 6.52. The van der Waals surface area contributed by atoms with Gasteiger partial charge in [0.15, 0.2) is 0 Å². The maximum atomic E-state index is 12.7. The van der Waals surface area contributed by atoms with Gasteiger partial charge in [-0.05, 0) is 59.7 Å². The summed E-state index contributed by atoms with van der Waals surface area (Å²) in [6.45, 7) is 3.98. The molecule has 6 nitrogen and oxygen atoms in total. The number of ether oxygens (including phenoxy) is 3. The van der Waals surface area contributed by atoms with Gasteiger partial charge in [-0.15, -0.1) is 0 Å². The van der Waals surface area contributed by atoms with Crippen molar-refractivity contribution in [2.75, 3.05) is 0 Å². The summed E-state index contributed by atoms with van der Waals surface area (Å²) >= 11 is 0. The first-order valence-corrected chi connectivity index (χ1v) is 11.0. The molecule has 0 heterocycles. The third-order valence-electron chi connectivity index (χ3n) is 5.61. The number of phenolic OH excluding ortho intramolecular Hbond substituents is 1. The Morgan fingerprint density at radius 1 is 0.629 bits per heavy atom. The Bertz CT molecular complexity index is 1310. The van der Waals surface area contributed by atoms with Crippen LogP contribution < -0.4 is 14.2 Å². The van der Waals surface area contributed by atoms with Gasteiger partial charge < -0.3 is 19.3 Å². The highest BCUT2D eigenvalue weighted by molar-refractivity contribution is 5.94. The Morgan fingerprint density at radius 2 is 1.11 bits per heavy atom. The average molecular weight is 469 g/mol. The SMILES string of the molecule is CC(C)(c1ccc(OC(=O)Oc2ccccc2)cc1)c1ccc(O)c(C(=O)Oc2ccccc2)c1. The summed E-state index contributed by atoms with van der Waals surface area (Å²) in [7, 11) is 0. The van der Waals surface area contributed by atoms with Gasteiger partial charge in [0.1, 0.15) is 28.6 Å². The van der Waals surface area contributed by atoms with E-state index in [1.165, 1.54) is 6.07 Å². The highest BCUT2D eigenvalue weighted by Gasteiger charge is 2.26. The van der Waals surface area contributed by atoms with Crippen LogP contribution in [0.25, 0.3) is 0 Å². The molecule has 1 N–H and O–H groups in total. The highest BCUT2D eigenvalue weighted by atomic mass is 16.7. The molecule has 0 aromatic heterocycles. The van der Waals surface area contributed by atoms with E-state index in [1.54, 1.807) is 72.8 Å². The number of hydrogen-bond donors (Lipinski definition) is 1. The van der Waals surface area contributed by atoms with E-state index in [0.717, 1.165) is 11.1 Å². The number of hydrogen-bond acceptors (Lipinski definition) is 6. The molecular formula is C29H24O6. The molecule has 6 heteroatoms. The van der Waals surface area contributed by atoms with Crippen molar-refractivity contribution in [2.45, 2.75) is 19.3 Å². The summed E-state index contributed by atoms with van der Waals surface area (Å²) in [5.41, 5.74) is 1.25. The van der Waals surface area contributed by atoms with E-state index in [4.69, 9.17) is 14.2 Å². The molecule has 0 saturated carbocycles. The van der Waals surface area contributed by atoms with Gasteiger partial charge in [0.25, 0.3) is 0 Å². The van der Waals surface area contributed by atoms with Gasteiger partial charge in [-0.2, -0.15) is 0 Å². The molecule has 4 aromatic carbocycles. The van der Waals surface area contributed by atoms with Gasteiger partial charge in [0.2, 0.25) is 0 Å². The topological polar surface area (TPSA) is 82.1 Å². The molecule has 0 spiro atoms. The number of benzene rings is 4. The molecular weight excluding hydrogens is 444 g/mol. The van der Waals surface area contributed by atoms with E-state index in [1.807, 2.05) is 38.1 Å². The van der Waals surface area contributed by atoms with Gasteiger partial charge in [0.05, 0.1) is 0 Å². The largest absolute Gasteiger partial charge is 0.519 e. The van der Waals surface area contributed by atoms with Crippen LogP contribution in [0, 0.1) is 0 Å². The fourth-order valence-electron chi connectivity index (χ4n) is 3.55. The van der Waals surface area contributed by atoms with Crippen LogP contribution in [-0.2, 0) is 5.41 Å². The number of aromatic hydroxyl groups is 1. The quantitative estimate of drug-likeness (QED) is 0.197. The zero-order valence-corrected chi connectivity index (χ0v) is 19.3. The highest BCUT2D eigenvalue weighted by Crippen LogP contribution is 2.35. The Hall–Kier alpha value is -4.58. The van der Waals surface area contributed by atoms with E-state index < -0.39 is 17.5 Å². The lowest BCUT2D eigenvalue weighted by Crippen LogP contribution is -2.20. The minimum absolute atomic E-state index is 0.0723. The lowest BCUT2D eigenvalue weighted by molar-refractivity contribution is 0.0731. The van der Waals surface area contributed by atoms with Crippen molar-refractivity contribution in [1.82, 2.24) is 0 Å². The summed E-state index contributed by atoms with van der Waals surface area (Å²) in [6.07, 6.45) is -0.830. The van der Waals surface area contributed by atoms with Gasteiger partial charge in [-0.25, -0.2) is 9.59 Å². The minimum atomic E-state index is -0.830. The zero-order valence-electron chi connectivity index (χ0n) is 19.3. The second kappa shape index (κ2) is 10.1. The third-order valence-corrected chi connectivity index (χ3v) is 5.61. The van der Waals surface area contributed by atoms with Crippen LogP contribution in [0.2, 0.25) is 0 Å². The monoisotopic (exact) mass is 468 g/mol. The first-order valence-electron chi connectivity index (χ1n) is 11.0. The molecule has 0 aliphatic carbocycles. The normalized spacial score (nSPS) is 10.9. The van der Waals surface area contributed by atoms with Crippen LogP contribution >= 0.6 is 0 Å². The van der Waals surface area contributed by atoms with Crippen LogP contribution in [0.3, 0.4) is 0 Å². The molecule has 0 radical (unpaired) electrons. The van der Waals surface area contributed by atoms with Crippen molar-refractivity contribution >= 4 is 12.1 Å². The van der Waals surface area contributed by atoms with Gasteiger partial charge in [-0.1, -0.05) is 68.4 Å². The van der Waals surface area contributed by atoms with Crippen molar-refractivity contribution in [3.63, 3.8) is 0 Å². The maximum absolute atomic E-state index is 12.7. The van der Waals surface area contributed by atoms with Crippen LogP contribution in [0.1, 0.15) is 35.3 Å². The smallest absolute Gasteiger partial charge is 0.507 e. The number of para-hydroxylation sites is 2. The van der Waals surface area contributed by atoms with Crippen molar-refractivity contribution in [1.29, 1.82) is 0 Å². The van der Waals surface area contributed by atoms with E-state index >= 15 is 0 Å². The van der Waals surface area contributed by atoms with Crippen molar-refractivity contribution in [3.05, 3.63) is 120 Å². The molecule has 0 saturated heterocycles. The lowest BCUT2D eigenvalue weighted by atomic mass is 9.77. The molecule has 0 bridgehead atoms. The van der Waals surface area contributed by atoms with Crippen molar-refractivity contribution in [3.8, 4) is 23.0 Å². The number of carbonyl (C=O) groups is 2. The Morgan fingerprint density at radius 3 is 1.69 bits per heavy atom. The number of carbonyl (C=O) groups excluding carboxylic acids is 2. The van der Waals surface area contributed by atoms with Crippen molar-refractivity contribution < 1.29 is 28.9 Å². The maximum Gasteiger partial charge on any atom is 0.519 e. The number of rotatable bonds is 6. The first-order chi connectivity index (χ1) is 16.8. The minimum Gasteiger partial charge on any atom is -0.507 e. The van der Waals surface area contributed by atoms with E-state index in [9.17, 15) is 14.7 Å². The van der Waals surface area contributed by atoms with E-state index in [2.05, 4.69) is 0 Å². The van der Waals surface area contributed by atoms with Crippen LogP contribution in [0.5, 0.6) is 23.0 Å². The van der Waals surface area contributed by atoms with Crippen LogP contribution in [0.4, 0.5) is 4.79 Å². The molecule has 176 valence electrons. The third kappa shape index (κ3) is 5.68. The molecule has 4 aromatic rings. The van der Waals surface area contributed by atoms with E-state index in [0.29, 0.717) is 17.2 Å². The summed E-state index contributed by atoms with van der Waals surface area (Å²) in [5.74, 6) is 0.314. The molecule has 35 heavy (non-hydrogen) atoms. The second-order valence-corrected chi connectivity index (χ2v) is 8.35. The van der Waals surface area contributed by atoms with Gasteiger partial charge >= 0.3 is 12.1 Å². The fraction of sp³-hybridized carbons (Fsp3) is 0.103. The number of phenols is 1. The second-order valence-electron chi connectivity index (χ2n) is 8.35. The predicted molar refractivity (Wildman–Crippen MR) is 131 cm³/mol. The molecule has 0 atom stereocenters. The van der Waals surface area contributed by atoms with Crippen molar-refractivity contribution in [2.24, 2.45) is 0 Å². The fourth-order valence-corrected chi connectivity index (χ4v) is 3.55. The summed E-state index contributed by atoms with van der Waals surface area (Å²) < 4.78 is 15.8. The molecule has 0 amide bonds. The van der Waals surface area contributed by atoms with Gasteiger partial charge in [0, 0.05) is 5.41 Å². The Labute approximate surface area is 203 Å². The molecule has 0 fully saturated rings. The summed E-state index contributed by atoms with van der Waals surface area (Å²) in [4.78, 5) is 24.7. The first kappa shape index (κ1) is 23.6. The average Bonchev–Trinajstić information content (AvgIpc) is 2.85. The van der Waals surface area contributed by atoms with Gasteiger partial charge in [-0.3, -0.25) is 0 Å². The number of esters is 1. The van der Waals surface area contributed by atoms with Crippen LogP contribution in [-0.4, -0.2) is 17.2 Å². The Kier molecular flexibility index (Phi) is 6.83. The summed E-state index contributed by atoms with van der Waals surface area (Å²) in [6, 6.07) is 29.2. The Balaban J connectivity index is 1.49.